The molecule has 0 aliphatic heterocycles. The van der Waals surface area contributed by atoms with E-state index in [4.69, 9.17) is 5.11 Å². The Morgan fingerprint density at radius 2 is 2.15 bits per heavy atom. The largest absolute Gasteiger partial charge is 0.481 e. The van der Waals surface area contributed by atoms with Gasteiger partial charge in [0.2, 0.25) is 0 Å². The van der Waals surface area contributed by atoms with Crippen LogP contribution in [0.1, 0.15) is 58.8 Å². The lowest BCUT2D eigenvalue weighted by atomic mass is 9.89. The lowest BCUT2D eigenvalue weighted by Crippen LogP contribution is -2.19. The molecule has 26 heavy (non-hydrogen) atoms. The van der Waals surface area contributed by atoms with E-state index in [2.05, 4.69) is 17.9 Å². The number of fused-ring (bicyclic) bond motifs is 1. The predicted octanol–water partition coefficient (Wildman–Crippen LogP) is 3.54. The van der Waals surface area contributed by atoms with Gasteiger partial charge in [0.1, 0.15) is 0 Å². The zero-order valence-corrected chi connectivity index (χ0v) is 15.9. The summed E-state index contributed by atoms with van der Waals surface area (Å²) in [6.45, 7) is 3.79. The fraction of sp³-hybridized carbons (Fsp3) is 0.682. The van der Waals surface area contributed by atoms with E-state index in [-0.39, 0.29) is 24.4 Å². The molecule has 0 saturated heterocycles. The van der Waals surface area contributed by atoms with Crippen LogP contribution in [-0.2, 0) is 4.79 Å². The molecule has 0 radical (unpaired) electrons. The van der Waals surface area contributed by atoms with Crippen LogP contribution in [0, 0.1) is 35.5 Å². The summed E-state index contributed by atoms with van der Waals surface area (Å²) >= 11 is 0. The molecule has 4 heteroatoms. The second-order valence-corrected chi connectivity index (χ2v) is 7.84. The van der Waals surface area contributed by atoms with E-state index in [1.807, 2.05) is 19.1 Å². The number of carbonyl (C=O) groups is 1. The van der Waals surface area contributed by atoms with E-state index in [9.17, 15) is 15.0 Å². The van der Waals surface area contributed by atoms with Gasteiger partial charge in [0.25, 0.3) is 0 Å². The third-order valence-electron chi connectivity index (χ3n) is 5.85. The molecule has 0 spiro atoms. The number of allylic oxidation sites excluding steroid dienone is 2. The van der Waals surface area contributed by atoms with Crippen LogP contribution < -0.4 is 0 Å². The highest BCUT2D eigenvalue weighted by molar-refractivity contribution is 5.66. The van der Waals surface area contributed by atoms with Crippen LogP contribution in [0.25, 0.3) is 0 Å². The van der Waals surface area contributed by atoms with E-state index < -0.39 is 12.1 Å². The van der Waals surface area contributed by atoms with Crippen molar-refractivity contribution in [2.45, 2.75) is 71.0 Å². The number of carboxylic acid groups (broad SMARTS) is 1. The third-order valence-corrected chi connectivity index (χ3v) is 5.85. The highest BCUT2D eigenvalue weighted by Gasteiger charge is 2.44. The summed E-state index contributed by atoms with van der Waals surface area (Å²) in [6, 6.07) is 0. The average Bonchev–Trinajstić information content (AvgIpc) is 3.10. The van der Waals surface area contributed by atoms with Crippen molar-refractivity contribution in [3.05, 3.63) is 23.8 Å². The molecular weight excluding hydrogens is 328 g/mol. The first-order valence-electron chi connectivity index (χ1n) is 9.76. The van der Waals surface area contributed by atoms with E-state index >= 15 is 0 Å². The average molecular weight is 360 g/mol. The summed E-state index contributed by atoms with van der Waals surface area (Å²) in [5.74, 6) is 6.25. The highest BCUT2D eigenvalue weighted by Crippen LogP contribution is 2.50. The molecular formula is C22H32O4. The van der Waals surface area contributed by atoms with Gasteiger partial charge in [0, 0.05) is 18.8 Å². The van der Waals surface area contributed by atoms with Crippen LogP contribution in [0.15, 0.2) is 23.8 Å². The molecule has 0 amide bonds. The first-order chi connectivity index (χ1) is 12.4. The van der Waals surface area contributed by atoms with Gasteiger partial charge in [-0.05, 0) is 56.8 Å². The quantitative estimate of drug-likeness (QED) is 0.351. The van der Waals surface area contributed by atoms with Gasteiger partial charge in [-0.15, -0.1) is 11.8 Å². The van der Waals surface area contributed by atoms with Gasteiger partial charge in [-0.1, -0.05) is 30.7 Å². The van der Waals surface area contributed by atoms with Gasteiger partial charge in [0.15, 0.2) is 0 Å². The van der Waals surface area contributed by atoms with Crippen LogP contribution in [0.2, 0.25) is 0 Å². The minimum atomic E-state index is -0.738. The summed E-state index contributed by atoms with van der Waals surface area (Å²) in [7, 11) is 0. The fourth-order valence-electron chi connectivity index (χ4n) is 4.31. The van der Waals surface area contributed by atoms with Crippen molar-refractivity contribution in [3.63, 3.8) is 0 Å². The SMILES string of the molecule is CC#CC[C@@H](C)[C@@H](O)/C=C/[C@@H]1[C@H]2C/C(=C/CCCC(=O)O)C[C@H]2C[C@H]1O. The van der Waals surface area contributed by atoms with Crippen molar-refractivity contribution in [1.82, 2.24) is 0 Å². The molecule has 144 valence electrons. The summed E-state index contributed by atoms with van der Waals surface area (Å²) in [5, 5.41) is 29.4. The number of hydrogen-bond acceptors (Lipinski definition) is 3. The van der Waals surface area contributed by atoms with Crippen molar-refractivity contribution in [2.24, 2.45) is 23.7 Å². The van der Waals surface area contributed by atoms with Gasteiger partial charge >= 0.3 is 5.97 Å². The second-order valence-electron chi connectivity index (χ2n) is 7.84. The van der Waals surface area contributed by atoms with Crippen molar-refractivity contribution < 1.29 is 20.1 Å². The van der Waals surface area contributed by atoms with Crippen molar-refractivity contribution in [3.8, 4) is 11.8 Å². The topological polar surface area (TPSA) is 77.8 Å². The first kappa shape index (κ1) is 20.7. The monoisotopic (exact) mass is 360 g/mol. The van der Waals surface area contributed by atoms with E-state index in [0.717, 1.165) is 25.7 Å². The molecule has 3 N–H and O–H groups in total. The molecule has 6 atom stereocenters. The Hall–Kier alpha value is -1.57. The van der Waals surface area contributed by atoms with E-state index in [1.165, 1.54) is 5.57 Å². The summed E-state index contributed by atoms with van der Waals surface area (Å²) < 4.78 is 0. The molecule has 2 aliphatic rings. The Bertz CT molecular complexity index is 595. The molecule has 0 aromatic carbocycles. The standard InChI is InChI=1S/C22H32O4/c1-3-4-7-15(2)20(23)11-10-18-19-13-16(8-5-6-9-22(25)26)12-17(19)14-21(18)24/h8,10-11,15,17-21,23-24H,5-7,9,12-14H2,1-2H3,(H,25,26)/b11-10+,16-8+/t15-,17+,18-,19+,20+,21-/m1/s1. The number of rotatable bonds is 8. The summed E-state index contributed by atoms with van der Waals surface area (Å²) in [5.41, 5.74) is 1.41. The van der Waals surface area contributed by atoms with Gasteiger partial charge in [-0.3, -0.25) is 4.79 Å². The Morgan fingerprint density at radius 1 is 1.38 bits per heavy atom. The zero-order chi connectivity index (χ0) is 19.1. The maximum Gasteiger partial charge on any atom is 0.303 e. The molecule has 0 unspecified atom stereocenters. The Morgan fingerprint density at radius 3 is 2.85 bits per heavy atom. The zero-order valence-electron chi connectivity index (χ0n) is 15.9. The first-order valence-corrected chi connectivity index (χ1v) is 9.76. The van der Waals surface area contributed by atoms with Crippen molar-refractivity contribution in [2.75, 3.05) is 0 Å². The lowest BCUT2D eigenvalue weighted by Gasteiger charge is -2.19. The highest BCUT2D eigenvalue weighted by atomic mass is 16.4. The molecule has 4 nitrogen and oxygen atoms in total. The normalized spacial score (nSPS) is 31.6. The minimum Gasteiger partial charge on any atom is -0.481 e. The molecule has 0 aromatic heterocycles. The Balaban J connectivity index is 1.89. The van der Waals surface area contributed by atoms with Crippen molar-refractivity contribution in [1.29, 1.82) is 0 Å². The van der Waals surface area contributed by atoms with Crippen LogP contribution in [-0.4, -0.2) is 33.5 Å². The summed E-state index contributed by atoms with van der Waals surface area (Å²) in [6.07, 6.45) is 10.4. The molecule has 2 aliphatic carbocycles. The van der Waals surface area contributed by atoms with Crippen LogP contribution in [0.3, 0.4) is 0 Å². The molecule has 2 rings (SSSR count). The summed E-state index contributed by atoms with van der Waals surface area (Å²) in [4.78, 5) is 10.6. The number of aliphatic hydroxyl groups excluding tert-OH is 2. The lowest BCUT2D eigenvalue weighted by molar-refractivity contribution is -0.137. The van der Waals surface area contributed by atoms with Crippen molar-refractivity contribution >= 4 is 5.97 Å². The Labute approximate surface area is 157 Å². The third kappa shape index (κ3) is 5.72. The van der Waals surface area contributed by atoms with Crippen LogP contribution in [0.4, 0.5) is 0 Å². The molecule has 0 bridgehead atoms. The number of aliphatic carboxylic acids is 1. The number of unbranched alkanes of at least 4 members (excludes halogenated alkanes) is 1. The molecule has 2 fully saturated rings. The number of aliphatic hydroxyl groups is 2. The van der Waals surface area contributed by atoms with Gasteiger partial charge in [-0.25, -0.2) is 0 Å². The molecule has 0 aromatic rings. The smallest absolute Gasteiger partial charge is 0.303 e. The maximum absolute atomic E-state index is 10.6. The van der Waals surface area contributed by atoms with Gasteiger partial charge < -0.3 is 15.3 Å². The second kappa shape index (κ2) is 9.94. The predicted molar refractivity (Wildman–Crippen MR) is 102 cm³/mol. The minimum absolute atomic E-state index is 0.0845. The van der Waals surface area contributed by atoms with Crippen LogP contribution in [0.5, 0.6) is 0 Å². The molecule has 2 saturated carbocycles. The Kier molecular flexibility index (Phi) is 7.93. The van der Waals surface area contributed by atoms with E-state index in [1.54, 1.807) is 6.92 Å². The van der Waals surface area contributed by atoms with E-state index in [0.29, 0.717) is 24.7 Å². The van der Waals surface area contributed by atoms with Gasteiger partial charge in [-0.2, -0.15) is 0 Å². The van der Waals surface area contributed by atoms with Crippen LogP contribution >= 0.6 is 0 Å². The maximum atomic E-state index is 10.6. The molecule has 0 heterocycles. The fourth-order valence-corrected chi connectivity index (χ4v) is 4.31. The van der Waals surface area contributed by atoms with Gasteiger partial charge in [0.05, 0.1) is 12.2 Å². The number of carboxylic acids is 1. The number of hydrogen-bond donors (Lipinski definition) is 3.